The zero-order chi connectivity index (χ0) is 21.8. The summed E-state index contributed by atoms with van der Waals surface area (Å²) in [5.41, 5.74) is 3.44. The van der Waals surface area contributed by atoms with Crippen molar-refractivity contribution >= 4 is 33.0 Å². The van der Waals surface area contributed by atoms with Crippen molar-refractivity contribution < 1.29 is 18.1 Å². The molecular weight excluding hydrogens is 394 g/mol. The molecule has 0 saturated carbocycles. The first-order chi connectivity index (χ1) is 13.5. The molecule has 2 aromatic carbocycles. The van der Waals surface area contributed by atoms with Crippen LogP contribution in [0.5, 0.6) is 0 Å². The second-order valence-electron chi connectivity index (χ2n) is 7.09. The van der Waals surface area contributed by atoms with Crippen molar-refractivity contribution in [2.75, 3.05) is 22.4 Å². The summed E-state index contributed by atoms with van der Waals surface area (Å²) in [6, 6.07) is 9.80. The molecule has 0 bridgehead atoms. The first kappa shape index (κ1) is 22.4. The first-order valence-electron chi connectivity index (χ1n) is 9.08. The number of aryl methyl sites for hydroxylation is 3. The van der Waals surface area contributed by atoms with Crippen LogP contribution in [0, 0.1) is 30.9 Å². The van der Waals surface area contributed by atoms with Crippen molar-refractivity contribution in [1.82, 2.24) is 0 Å². The van der Waals surface area contributed by atoms with Crippen LogP contribution in [0.25, 0.3) is 0 Å². The maximum Gasteiger partial charge on any atom is 0.271 e. The maximum absolute atomic E-state index is 12.3. The van der Waals surface area contributed by atoms with E-state index in [4.69, 9.17) is 0 Å². The molecule has 0 saturated heterocycles. The molecule has 0 fully saturated rings. The van der Waals surface area contributed by atoms with Gasteiger partial charge in [-0.25, -0.2) is 8.42 Å². The van der Waals surface area contributed by atoms with Crippen molar-refractivity contribution in [3.63, 3.8) is 0 Å². The van der Waals surface area contributed by atoms with Gasteiger partial charge >= 0.3 is 0 Å². The van der Waals surface area contributed by atoms with Crippen LogP contribution in [0.4, 0.5) is 17.1 Å². The van der Waals surface area contributed by atoms with Gasteiger partial charge in [0.05, 0.1) is 22.6 Å². The van der Waals surface area contributed by atoms with E-state index in [2.05, 4.69) is 5.32 Å². The molecule has 0 atom stereocenters. The van der Waals surface area contributed by atoms with Gasteiger partial charge in [-0.3, -0.25) is 19.2 Å². The summed E-state index contributed by atoms with van der Waals surface area (Å²) in [6.45, 7) is 5.69. The monoisotopic (exact) mass is 419 g/mol. The molecule has 29 heavy (non-hydrogen) atoms. The zero-order valence-corrected chi connectivity index (χ0v) is 17.7. The number of hydrogen-bond donors (Lipinski definition) is 1. The van der Waals surface area contributed by atoms with Gasteiger partial charge < -0.3 is 5.32 Å². The molecular formula is C20H25N3O5S. The molecule has 2 rings (SSSR count). The highest BCUT2D eigenvalue weighted by Crippen LogP contribution is 2.23. The van der Waals surface area contributed by atoms with Gasteiger partial charge in [-0.05, 0) is 56.0 Å². The Labute approximate surface area is 170 Å². The van der Waals surface area contributed by atoms with Crippen LogP contribution in [0.1, 0.15) is 29.5 Å². The fraction of sp³-hybridized carbons (Fsp3) is 0.350. The number of amides is 1. The smallest absolute Gasteiger partial charge is 0.271 e. The highest BCUT2D eigenvalue weighted by Gasteiger charge is 2.18. The van der Waals surface area contributed by atoms with Crippen molar-refractivity contribution in [3.8, 4) is 0 Å². The number of benzene rings is 2. The average molecular weight is 420 g/mol. The molecule has 0 unspecified atom stereocenters. The molecule has 2 aromatic rings. The van der Waals surface area contributed by atoms with E-state index in [1.807, 2.05) is 19.9 Å². The average Bonchev–Trinajstić information content (AvgIpc) is 2.58. The zero-order valence-electron chi connectivity index (χ0n) is 16.9. The highest BCUT2D eigenvalue weighted by molar-refractivity contribution is 7.92. The van der Waals surface area contributed by atoms with Crippen LogP contribution in [0.3, 0.4) is 0 Å². The molecule has 9 heteroatoms. The normalized spacial score (nSPS) is 11.2. The number of anilines is 2. The van der Waals surface area contributed by atoms with Crippen molar-refractivity contribution in [3.05, 3.63) is 63.2 Å². The molecule has 156 valence electrons. The summed E-state index contributed by atoms with van der Waals surface area (Å²) in [6.07, 6.45) is 1.52. The minimum Gasteiger partial charge on any atom is -0.326 e. The third-order valence-electron chi connectivity index (χ3n) is 4.37. The third-order valence-corrected chi connectivity index (χ3v) is 5.56. The fourth-order valence-electron chi connectivity index (χ4n) is 3.04. The van der Waals surface area contributed by atoms with Gasteiger partial charge in [0.2, 0.25) is 15.9 Å². The molecule has 0 aliphatic carbocycles. The van der Waals surface area contributed by atoms with Crippen molar-refractivity contribution in [2.45, 2.75) is 33.6 Å². The van der Waals surface area contributed by atoms with Gasteiger partial charge in [-0.1, -0.05) is 12.1 Å². The lowest BCUT2D eigenvalue weighted by molar-refractivity contribution is -0.384. The summed E-state index contributed by atoms with van der Waals surface area (Å²) >= 11 is 0. The predicted molar refractivity (Wildman–Crippen MR) is 114 cm³/mol. The second-order valence-corrected chi connectivity index (χ2v) is 9.00. The first-order valence-corrected chi connectivity index (χ1v) is 10.9. The van der Waals surface area contributed by atoms with E-state index >= 15 is 0 Å². The minimum atomic E-state index is -3.50. The molecule has 0 radical (unpaired) electrons. The Balaban J connectivity index is 2.05. The number of nitro benzene ring substituents is 1. The van der Waals surface area contributed by atoms with Crippen molar-refractivity contribution in [2.24, 2.45) is 0 Å². The summed E-state index contributed by atoms with van der Waals surface area (Å²) < 4.78 is 25.7. The maximum atomic E-state index is 12.3. The van der Waals surface area contributed by atoms with Crippen LogP contribution in [-0.4, -0.2) is 32.0 Å². The Bertz CT molecular complexity index is 1010. The summed E-state index contributed by atoms with van der Waals surface area (Å²) in [4.78, 5) is 22.7. The molecule has 1 N–H and O–H groups in total. The Hall–Kier alpha value is -2.94. The Morgan fingerprint density at radius 3 is 2.28 bits per heavy atom. The molecule has 0 aliphatic rings. The summed E-state index contributed by atoms with van der Waals surface area (Å²) in [7, 11) is -3.50. The molecule has 1 amide bonds. The molecule has 8 nitrogen and oxygen atoms in total. The van der Waals surface area contributed by atoms with E-state index in [0.717, 1.165) is 17.4 Å². The van der Waals surface area contributed by atoms with Gasteiger partial charge in [0.25, 0.3) is 5.69 Å². The lowest BCUT2D eigenvalue weighted by atomic mass is 10.1. The highest BCUT2D eigenvalue weighted by atomic mass is 32.2. The minimum absolute atomic E-state index is 0.0823. The van der Waals surface area contributed by atoms with Gasteiger partial charge in [0.1, 0.15) is 0 Å². The van der Waals surface area contributed by atoms with Gasteiger partial charge in [0, 0.05) is 25.1 Å². The number of non-ortho nitro benzene ring substituents is 1. The van der Waals surface area contributed by atoms with Crippen LogP contribution in [0.15, 0.2) is 36.4 Å². The van der Waals surface area contributed by atoms with Crippen LogP contribution >= 0.6 is 0 Å². The van der Waals surface area contributed by atoms with E-state index in [9.17, 15) is 23.3 Å². The summed E-state index contributed by atoms with van der Waals surface area (Å²) in [5, 5.41) is 13.6. The third kappa shape index (κ3) is 6.28. The predicted octanol–water partition coefficient (Wildman–Crippen LogP) is 3.70. The molecule has 0 heterocycles. The number of hydrogen-bond acceptors (Lipinski definition) is 5. The topological polar surface area (TPSA) is 110 Å². The Kier molecular flexibility index (Phi) is 6.97. The standard InChI is InChI=1S/C20H25N3O5S/c1-14-10-15(2)12-18(11-14)22(29(4,27)28)9-5-6-20(24)21-19-13-17(23(25)26)8-7-16(19)3/h7-8,10-13H,5-6,9H2,1-4H3,(H,21,24). The van der Waals surface area contributed by atoms with Gasteiger partial charge in [-0.2, -0.15) is 0 Å². The quantitative estimate of drug-likeness (QED) is 0.518. The number of sulfonamides is 1. The van der Waals surface area contributed by atoms with Crippen LogP contribution in [0.2, 0.25) is 0 Å². The number of carbonyl (C=O) groups is 1. The number of carbonyl (C=O) groups excluding carboxylic acids is 1. The lowest BCUT2D eigenvalue weighted by Gasteiger charge is -2.23. The number of rotatable bonds is 8. The SMILES string of the molecule is Cc1cc(C)cc(N(CCCC(=O)Nc2cc([N+](=O)[O-])ccc2C)S(C)(=O)=O)c1. The largest absolute Gasteiger partial charge is 0.326 e. The lowest BCUT2D eigenvalue weighted by Crippen LogP contribution is -2.31. The van der Waals surface area contributed by atoms with Gasteiger partial charge in [-0.15, -0.1) is 0 Å². The number of nitro groups is 1. The van der Waals surface area contributed by atoms with E-state index in [1.54, 1.807) is 25.1 Å². The second kappa shape index (κ2) is 9.04. The van der Waals surface area contributed by atoms with Crippen LogP contribution in [-0.2, 0) is 14.8 Å². The van der Waals surface area contributed by atoms with Crippen molar-refractivity contribution in [1.29, 1.82) is 0 Å². The number of nitrogens with one attached hydrogen (secondary N) is 1. The van der Waals surface area contributed by atoms with Gasteiger partial charge in [0.15, 0.2) is 0 Å². The Morgan fingerprint density at radius 1 is 1.10 bits per heavy atom. The van der Waals surface area contributed by atoms with Crippen LogP contribution < -0.4 is 9.62 Å². The molecule has 0 aromatic heterocycles. The summed E-state index contributed by atoms with van der Waals surface area (Å²) in [5.74, 6) is -0.331. The Morgan fingerprint density at radius 2 is 1.72 bits per heavy atom. The number of nitrogens with zero attached hydrogens (tertiary/aromatic N) is 2. The fourth-order valence-corrected chi connectivity index (χ4v) is 3.98. The van der Waals surface area contributed by atoms with E-state index in [0.29, 0.717) is 23.4 Å². The molecule has 0 aliphatic heterocycles. The molecule has 0 spiro atoms. The van der Waals surface area contributed by atoms with E-state index < -0.39 is 14.9 Å². The van der Waals surface area contributed by atoms with E-state index in [-0.39, 0.29) is 24.6 Å². The van der Waals surface area contributed by atoms with E-state index in [1.165, 1.54) is 16.4 Å².